The third kappa shape index (κ3) is 4.75. The topological polar surface area (TPSA) is 46.0 Å². The first-order valence-corrected chi connectivity index (χ1v) is 8.63. The number of hydrogen-bond donors (Lipinski definition) is 1. The van der Waals surface area contributed by atoms with Crippen LogP contribution in [0.4, 0.5) is 14.6 Å². The van der Waals surface area contributed by atoms with Gasteiger partial charge in [0, 0.05) is 31.6 Å². The molecule has 1 saturated carbocycles. The zero-order chi connectivity index (χ0) is 18.0. The fourth-order valence-electron chi connectivity index (χ4n) is 3.16. The summed E-state index contributed by atoms with van der Waals surface area (Å²) in [5.41, 5.74) is 2.02. The van der Waals surface area contributed by atoms with Gasteiger partial charge in [0.2, 0.25) is 5.92 Å². The zero-order valence-corrected chi connectivity index (χ0v) is 15.0. The first-order valence-electron chi connectivity index (χ1n) is 8.63. The molecule has 2 aromatic heterocycles. The van der Waals surface area contributed by atoms with Crippen LogP contribution in [0.1, 0.15) is 36.9 Å². The van der Waals surface area contributed by atoms with Crippen molar-refractivity contribution in [3.63, 3.8) is 0 Å². The van der Waals surface area contributed by atoms with E-state index in [2.05, 4.69) is 20.3 Å². The largest absolute Gasteiger partial charge is 0.367 e. The predicted octanol–water partition coefficient (Wildman–Crippen LogP) is 3.63. The summed E-state index contributed by atoms with van der Waals surface area (Å²) in [6.45, 7) is 2.70. The van der Waals surface area contributed by atoms with Crippen LogP contribution in [0.2, 0.25) is 0 Å². The number of nitrogens with one attached hydrogen (secondary N) is 1. The molecular formula is C18H25F2N5. The number of anilines is 1. The van der Waals surface area contributed by atoms with Crippen LogP contribution in [0.3, 0.4) is 0 Å². The van der Waals surface area contributed by atoms with Gasteiger partial charge in [-0.3, -0.25) is 0 Å². The number of halogens is 2. The van der Waals surface area contributed by atoms with Crippen molar-refractivity contribution in [1.82, 2.24) is 19.7 Å². The van der Waals surface area contributed by atoms with Crippen LogP contribution in [-0.2, 0) is 6.54 Å². The second-order valence-corrected chi connectivity index (χ2v) is 7.13. The second-order valence-electron chi connectivity index (χ2n) is 7.13. The van der Waals surface area contributed by atoms with Crippen LogP contribution in [0.25, 0.3) is 5.82 Å². The molecule has 1 aliphatic carbocycles. The Balaban J connectivity index is 1.82. The number of aromatic nitrogens is 3. The van der Waals surface area contributed by atoms with Crippen molar-refractivity contribution < 1.29 is 8.78 Å². The van der Waals surface area contributed by atoms with Crippen molar-refractivity contribution in [3.05, 3.63) is 35.7 Å². The van der Waals surface area contributed by atoms with Gasteiger partial charge in [-0.05, 0) is 57.6 Å². The molecule has 0 spiro atoms. The molecule has 1 aliphatic rings. The number of pyridine rings is 1. The van der Waals surface area contributed by atoms with Gasteiger partial charge in [-0.2, -0.15) is 5.10 Å². The van der Waals surface area contributed by atoms with Gasteiger partial charge in [0.25, 0.3) is 0 Å². The molecule has 1 N–H and O–H groups in total. The van der Waals surface area contributed by atoms with E-state index in [1.165, 1.54) is 0 Å². The maximum Gasteiger partial charge on any atom is 0.248 e. The first-order chi connectivity index (χ1) is 11.8. The number of hydrogen-bond acceptors (Lipinski definition) is 4. The van der Waals surface area contributed by atoms with Gasteiger partial charge in [-0.25, -0.2) is 18.4 Å². The van der Waals surface area contributed by atoms with E-state index >= 15 is 0 Å². The van der Waals surface area contributed by atoms with Gasteiger partial charge in [-0.1, -0.05) is 0 Å². The highest BCUT2D eigenvalue weighted by atomic mass is 19.3. The normalized spacial score (nSPS) is 17.8. The van der Waals surface area contributed by atoms with Crippen LogP contribution < -0.4 is 5.32 Å². The van der Waals surface area contributed by atoms with E-state index in [9.17, 15) is 8.78 Å². The van der Waals surface area contributed by atoms with E-state index in [4.69, 9.17) is 0 Å². The molecule has 5 nitrogen and oxygen atoms in total. The van der Waals surface area contributed by atoms with Gasteiger partial charge in [0.05, 0.1) is 5.69 Å². The van der Waals surface area contributed by atoms with E-state index in [-0.39, 0.29) is 18.9 Å². The van der Waals surface area contributed by atoms with Gasteiger partial charge >= 0.3 is 0 Å². The molecule has 0 unspecified atom stereocenters. The van der Waals surface area contributed by atoms with Crippen molar-refractivity contribution in [1.29, 1.82) is 0 Å². The number of nitrogens with zero attached hydrogens (tertiary/aromatic N) is 4. The summed E-state index contributed by atoms with van der Waals surface area (Å²) in [6, 6.07) is 5.96. The summed E-state index contributed by atoms with van der Waals surface area (Å²) < 4.78 is 28.4. The molecule has 2 aromatic rings. The predicted molar refractivity (Wildman–Crippen MR) is 94.3 cm³/mol. The summed E-state index contributed by atoms with van der Waals surface area (Å²) in [4.78, 5) is 6.72. The van der Waals surface area contributed by atoms with E-state index < -0.39 is 5.92 Å². The van der Waals surface area contributed by atoms with E-state index in [0.29, 0.717) is 12.8 Å². The SMILES string of the molecule is Cc1ccn(-c2cc(CN(C)C)cc(NC3CCC(F)(F)CC3)n2)n1. The van der Waals surface area contributed by atoms with Gasteiger partial charge in [-0.15, -0.1) is 0 Å². The lowest BCUT2D eigenvalue weighted by Crippen LogP contribution is -2.32. The highest BCUT2D eigenvalue weighted by molar-refractivity contribution is 5.44. The maximum atomic E-state index is 13.4. The summed E-state index contributed by atoms with van der Waals surface area (Å²) in [7, 11) is 4.02. The molecule has 0 aromatic carbocycles. The summed E-state index contributed by atoms with van der Waals surface area (Å²) in [5, 5.41) is 7.77. The van der Waals surface area contributed by atoms with Crippen LogP contribution in [0.15, 0.2) is 24.4 Å². The molecule has 0 aliphatic heterocycles. The molecule has 0 bridgehead atoms. The highest BCUT2D eigenvalue weighted by Crippen LogP contribution is 2.34. The third-order valence-corrected chi connectivity index (χ3v) is 4.40. The first kappa shape index (κ1) is 17.8. The van der Waals surface area contributed by atoms with Crippen molar-refractivity contribution in [3.8, 4) is 5.82 Å². The zero-order valence-electron chi connectivity index (χ0n) is 15.0. The minimum absolute atomic E-state index is 0.0361. The van der Waals surface area contributed by atoms with Crippen molar-refractivity contribution >= 4 is 5.82 Å². The van der Waals surface area contributed by atoms with Gasteiger partial charge < -0.3 is 10.2 Å². The van der Waals surface area contributed by atoms with Crippen molar-refractivity contribution in [2.75, 3.05) is 19.4 Å². The number of aryl methyl sites for hydroxylation is 1. The lowest BCUT2D eigenvalue weighted by molar-refractivity contribution is -0.0361. The Morgan fingerprint density at radius 3 is 2.60 bits per heavy atom. The average Bonchev–Trinajstić information content (AvgIpc) is 2.95. The van der Waals surface area contributed by atoms with E-state index in [1.807, 2.05) is 45.4 Å². The van der Waals surface area contributed by atoms with E-state index in [1.54, 1.807) is 4.68 Å². The van der Waals surface area contributed by atoms with Crippen LogP contribution in [0.5, 0.6) is 0 Å². The van der Waals surface area contributed by atoms with Gasteiger partial charge in [0.1, 0.15) is 5.82 Å². The highest BCUT2D eigenvalue weighted by Gasteiger charge is 2.34. The number of alkyl halides is 2. The van der Waals surface area contributed by atoms with Crippen molar-refractivity contribution in [2.45, 2.75) is 51.1 Å². The molecule has 3 rings (SSSR count). The smallest absolute Gasteiger partial charge is 0.248 e. The minimum Gasteiger partial charge on any atom is -0.367 e. The lowest BCUT2D eigenvalue weighted by atomic mass is 9.92. The summed E-state index contributed by atoms with van der Waals surface area (Å²) in [6.07, 6.45) is 2.67. The quantitative estimate of drug-likeness (QED) is 0.895. The summed E-state index contributed by atoms with van der Waals surface area (Å²) in [5.74, 6) is -1.07. The summed E-state index contributed by atoms with van der Waals surface area (Å²) >= 11 is 0. The molecule has 7 heteroatoms. The lowest BCUT2D eigenvalue weighted by Gasteiger charge is -2.29. The Kier molecular flexibility index (Phi) is 5.03. The second kappa shape index (κ2) is 7.07. The molecule has 1 fully saturated rings. The molecule has 0 saturated heterocycles. The van der Waals surface area contributed by atoms with Crippen LogP contribution in [-0.4, -0.2) is 45.7 Å². The van der Waals surface area contributed by atoms with Crippen LogP contribution >= 0.6 is 0 Å². The Morgan fingerprint density at radius 2 is 2.00 bits per heavy atom. The standard InChI is InChI=1S/C18H25F2N5/c1-13-6-9-25(23-13)17-11-14(12-24(2)3)10-16(22-17)21-15-4-7-18(19,20)8-5-15/h6,9-11,15H,4-5,7-8,12H2,1-3H3,(H,21,22). The Labute approximate surface area is 147 Å². The fourth-order valence-corrected chi connectivity index (χ4v) is 3.16. The monoisotopic (exact) mass is 349 g/mol. The Hall–Kier alpha value is -2.02. The minimum atomic E-state index is -2.52. The molecule has 0 atom stereocenters. The van der Waals surface area contributed by atoms with Gasteiger partial charge in [0.15, 0.2) is 5.82 Å². The molecule has 136 valence electrons. The molecule has 0 amide bonds. The van der Waals surface area contributed by atoms with E-state index in [0.717, 1.165) is 29.4 Å². The third-order valence-electron chi connectivity index (χ3n) is 4.40. The van der Waals surface area contributed by atoms with Crippen molar-refractivity contribution in [2.24, 2.45) is 0 Å². The molecule has 25 heavy (non-hydrogen) atoms. The Morgan fingerprint density at radius 1 is 1.28 bits per heavy atom. The molecule has 2 heterocycles. The molecule has 0 radical (unpaired) electrons. The Bertz CT molecular complexity index is 716. The van der Waals surface area contributed by atoms with Crippen LogP contribution in [0, 0.1) is 6.92 Å². The maximum absolute atomic E-state index is 13.4. The number of rotatable bonds is 5. The average molecular weight is 349 g/mol. The fraction of sp³-hybridized carbons (Fsp3) is 0.556. The molecular weight excluding hydrogens is 324 g/mol.